The van der Waals surface area contributed by atoms with E-state index >= 15 is 0 Å². The third-order valence-corrected chi connectivity index (χ3v) is 4.86. The molecule has 1 aromatic heterocycles. The summed E-state index contributed by atoms with van der Waals surface area (Å²) < 4.78 is 1.12. The molecule has 0 fully saturated rings. The third-order valence-electron chi connectivity index (χ3n) is 3.98. The van der Waals surface area contributed by atoms with Gasteiger partial charge in [0.25, 0.3) is 5.91 Å². The van der Waals surface area contributed by atoms with E-state index in [1.54, 1.807) is 11.3 Å². The van der Waals surface area contributed by atoms with Crippen molar-refractivity contribution in [3.63, 3.8) is 0 Å². The number of carbonyl (C=O) groups excluding carboxylic acids is 2. The van der Waals surface area contributed by atoms with Crippen molar-refractivity contribution >= 4 is 33.2 Å². The van der Waals surface area contributed by atoms with Crippen LogP contribution in [0.4, 0.5) is 0 Å². The van der Waals surface area contributed by atoms with Gasteiger partial charge in [-0.15, -0.1) is 11.3 Å². The lowest BCUT2D eigenvalue weighted by molar-refractivity contribution is -0.118. The summed E-state index contributed by atoms with van der Waals surface area (Å²) in [6.07, 6.45) is 0.799. The Morgan fingerprint density at radius 1 is 0.960 bits per heavy atom. The fraction of sp³-hybridized carbons (Fsp3) is 0.200. The van der Waals surface area contributed by atoms with Crippen LogP contribution in [-0.4, -0.2) is 18.4 Å². The molecule has 0 atom stereocenters. The molecular weight excluding hydrogens is 332 g/mol. The Morgan fingerprint density at radius 3 is 2.48 bits per heavy atom. The van der Waals surface area contributed by atoms with Gasteiger partial charge in [-0.1, -0.05) is 30.3 Å². The first-order valence-electron chi connectivity index (χ1n) is 8.19. The lowest BCUT2D eigenvalue weighted by atomic mass is 10.1. The van der Waals surface area contributed by atoms with Gasteiger partial charge in [-0.25, -0.2) is 0 Å². The zero-order chi connectivity index (χ0) is 17.6. The fourth-order valence-electron chi connectivity index (χ4n) is 2.59. The highest BCUT2D eigenvalue weighted by Gasteiger charge is 2.07. The number of nitrogens with one attached hydrogen (secondary N) is 2. The van der Waals surface area contributed by atoms with Crippen molar-refractivity contribution < 1.29 is 9.59 Å². The lowest BCUT2D eigenvalue weighted by Gasteiger charge is -2.07. The van der Waals surface area contributed by atoms with E-state index in [9.17, 15) is 9.59 Å². The van der Waals surface area contributed by atoms with Crippen molar-refractivity contribution in [3.05, 3.63) is 70.6 Å². The van der Waals surface area contributed by atoms with E-state index in [1.165, 1.54) is 6.92 Å². The van der Waals surface area contributed by atoms with E-state index in [0.717, 1.165) is 27.6 Å². The van der Waals surface area contributed by atoms with Crippen LogP contribution in [0.3, 0.4) is 0 Å². The van der Waals surface area contributed by atoms with Crippen molar-refractivity contribution in [1.82, 2.24) is 10.6 Å². The van der Waals surface area contributed by atoms with Gasteiger partial charge in [0, 0.05) is 30.3 Å². The number of fused-ring (bicyclic) bond motifs is 1. The summed E-state index contributed by atoms with van der Waals surface area (Å²) in [5, 5.41) is 8.93. The van der Waals surface area contributed by atoms with Gasteiger partial charge in [-0.3, -0.25) is 9.59 Å². The number of amides is 2. The van der Waals surface area contributed by atoms with Gasteiger partial charge in [-0.2, -0.15) is 0 Å². The molecule has 5 heteroatoms. The standard InChI is InChI=1S/C20H20N2O2S/c1-14(23)21-10-8-15-2-4-16(5-3-15)13-22-20(24)18-7-6-17-9-11-25-19(17)12-18/h2-7,9,11-12H,8,10,13H2,1H3,(H,21,23)(H,22,24). The highest BCUT2D eigenvalue weighted by Crippen LogP contribution is 2.21. The predicted molar refractivity (Wildman–Crippen MR) is 102 cm³/mol. The van der Waals surface area contributed by atoms with Gasteiger partial charge in [-0.05, 0) is 46.5 Å². The monoisotopic (exact) mass is 352 g/mol. The summed E-state index contributed by atoms with van der Waals surface area (Å²) in [5.74, 6) is -0.0786. The van der Waals surface area contributed by atoms with E-state index in [0.29, 0.717) is 18.7 Å². The summed E-state index contributed by atoms with van der Waals surface area (Å²) in [5.41, 5.74) is 2.89. The highest BCUT2D eigenvalue weighted by atomic mass is 32.1. The summed E-state index contributed by atoms with van der Waals surface area (Å²) in [6, 6.07) is 15.9. The molecule has 0 saturated heterocycles. The first-order valence-corrected chi connectivity index (χ1v) is 9.07. The second-order valence-electron chi connectivity index (χ2n) is 5.91. The molecule has 4 nitrogen and oxygen atoms in total. The minimum Gasteiger partial charge on any atom is -0.356 e. The zero-order valence-electron chi connectivity index (χ0n) is 14.0. The number of hydrogen-bond acceptors (Lipinski definition) is 3. The number of rotatable bonds is 6. The molecule has 0 saturated carbocycles. The van der Waals surface area contributed by atoms with Gasteiger partial charge in [0.05, 0.1) is 0 Å². The molecule has 0 bridgehead atoms. The molecular formula is C20H20N2O2S. The molecule has 3 aromatic rings. The van der Waals surface area contributed by atoms with Gasteiger partial charge in [0.2, 0.25) is 5.91 Å². The van der Waals surface area contributed by atoms with Crippen LogP contribution < -0.4 is 10.6 Å². The molecule has 2 aromatic carbocycles. The highest BCUT2D eigenvalue weighted by molar-refractivity contribution is 7.17. The van der Waals surface area contributed by atoms with Crippen molar-refractivity contribution in [2.75, 3.05) is 6.54 Å². The van der Waals surface area contributed by atoms with E-state index in [1.807, 2.05) is 47.8 Å². The molecule has 0 aliphatic carbocycles. The molecule has 2 amide bonds. The maximum atomic E-state index is 12.3. The van der Waals surface area contributed by atoms with Gasteiger partial charge < -0.3 is 10.6 Å². The Balaban J connectivity index is 1.53. The normalized spacial score (nSPS) is 10.6. The minimum absolute atomic E-state index is 0.0138. The molecule has 128 valence electrons. The zero-order valence-corrected chi connectivity index (χ0v) is 14.9. The van der Waals surface area contributed by atoms with Crippen LogP contribution in [0, 0.1) is 0 Å². The smallest absolute Gasteiger partial charge is 0.251 e. The molecule has 0 radical (unpaired) electrons. The average Bonchev–Trinajstić information content (AvgIpc) is 3.08. The summed E-state index contributed by atoms with van der Waals surface area (Å²) in [4.78, 5) is 23.2. The van der Waals surface area contributed by atoms with Crippen LogP contribution in [0.25, 0.3) is 10.1 Å². The Bertz CT molecular complexity index is 884. The summed E-state index contributed by atoms with van der Waals surface area (Å²) in [6.45, 7) is 2.64. The number of benzene rings is 2. The van der Waals surface area contributed by atoms with E-state index < -0.39 is 0 Å². The third kappa shape index (κ3) is 4.67. The largest absolute Gasteiger partial charge is 0.356 e. The maximum absolute atomic E-state index is 12.3. The van der Waals surface area contributed by atoms with Crippen molar-refractivity contribution in [2.24, 2.45) is 0 Å². The molecule has 0 aliphatic rings. The van der Waals surface area contributed by atoms with Crippen LogP contribution in [0.2, 0.25) is 0 Å². The Kier molecular flexibility index (Phi) is 5.46. The van der Waals surface area contributed by atoms with Crippen molar-refractivity contribution in [3.8, 4) is 0 Å². The average molecular weight is 352 g/mol. The van der Waals surface area contributed by atoms with E-state index in [4.69, 9.17) is 0 Å². The van der Waals surface area contributed by atoms with Crippen LogP contribution in [0.15, 0.2) is 53.9 Å². The van der Waals surface area contributed by atoms with Crippen LogP contribution in [0.5, 0.6) is 0 Å². The lowest BCUT2D eigenvalue weighted by Crippen LogP contribution is -2.23. The molecule has 25 heavy (non-hydrogen) atoms. The van der Waals surface area contributed by atoms with Crippen LogP contribution in [0.1, 0.15) is 28.4 Å². The van der Waals surface area contributed by atoms with Gasteiger partial charge in [0.1, 0.15) is 0 Å². The molecule has 2 N–H and O–H groups in total. The molecule has 0 spiro atoms. The molecule has 1 heterocycles. The Morgan fingerprint density at radius 2 is 1.72 bits per heavy atom. The summed E-state index contributed by atoms with van der Waals surface area (Å²) in [7, 11) is 0. The van der Waals surface area contributed by atoms with Gasteiger partial charge >= 0.3 is 0 Å². The topological polar surface area (TPSA) is 58.2 Å². The second kappa shape index (κ2) is 7.94. The molecule has 0 aliphatic heterocycles. The Hall–Kier alpha value is -2.66. The van der Waals surface area contributed by atoms with Crippen LogP contribution in [-0.2, 0) is 17.8 Å². The second-order valence-corrected chi connectivity index (χ2v) is 6.85. The van der Waals surface area contributed by atoms with Crippen LogP contribution >= 0.6 is 11.3 Å². The SMILES string of the molecule is CC(=O)NCCc1ccc(CNC(=O)c2ccc3ccsc3c2)cc1. The summed E-state index contributed by atoms with van der Waals surface area (Å²) >= 11 is 1.64. The molecule has 3 rings (SSSR count). The first kappa shape index (κ1) is 17.2. The number of thiophene rings is 1. The van der Waals surface area contributed by atoms with E-state index in [-0.39, 0.29) is 11.8 Å². The van der Waals surface area contributed by atoms with Crippen molar-refractivity contribution in [1.29, 1.82) is 0 Å². The van der Waals surface area contributed by atoms with E-state index in [2.05, 4.69) is 16.7 Å². The van der Waals surface area contributed by atoms with Gasteiger partial charge in [0.15, 0.2) is 0 Å². The molecule has 0 unspecified atom stereocenters. The maximum Gasteiger partial charge on any atom is 0.251 e. The Labute approximate surface area is 150 Å². The quantitative estimate of drug-likeness (QED) is 0.713. The predicted octanol–water partition coefficient (Wildman–Crippen LogP) is 3.51. The number of hydrogen-bond donors (Lipinski definition) is 2. The first-order chi connectivity index (χ1) is 12.1. The van der Waals surface area contributed by atoms with Crippen molar-refractivity contribution in [2.45, 2.75) is 19.9 Å². The number of carbonyl (C=O) groups is 2. The fourth-order valence-corrected chi connectivity index (χ4v) is 3.42. The minimum atomic E-state index is -0.0648.